The summed E-state index contributed by atoms with van der Waals surface area (Å²) in [6, 6.07) is 1.88. The van der Waals surface area contributed by atoms with Gasteiger partial charge >= 0.3 is 0 Å². The third-order valence-electron chi connectivity index (χ3n) is 2.50. The Morgan fingerprint density at radius 1 is 1.50 bits per heavy atom. The van der Waals surface area contributed by atoms with Crippen LogP contribution in [0.25, 0.3) is 0 Å². The SMILES string of the molecule is Cc1nn(C)c(C)c1NC(=O)/C(C#N)=C/N(C)C. The van der Waals surface area contributed by atoms with E-state index in [0.717, 1.165) is 11.4 Å². The van der Waals surface area contributed by atoms with Crippen molar-refractivity contribution in [3.63, 3.8) is 0 Å². The Hall–Kier alpha value is -2.29. The molecule has 0 unspecified atom stereocenters. The van der Waals surface area contributed by atoms with Crippen LogP contribution in [0.2, 0.25) is 0 Å². The topological polar surface area (TPSA) is 74.0 Å². The zero-order valence-electron chi connectivity index (χ0n) is 11.3. The highest BCUT2D eigenvalue weighted by Gasteiger charge is 2.15. The molecular weight excluding hydrogens is 230 g/mol. The third-order valence-corrected chi connectivity index (χ3v) is 2.50. The summed E-state index contributed by atoms with van der Waals surface area (Å²) in [7, 11) is 5.31. The predicted octanol–water partition coefficient (Wildman–Crippen LogP) is 0.945. The molecule has 0 saturated heterocycles. The molecule has 1 rings (SSSR count). The first kappa shape index (κ1) is 13.8. The van der Waals surface area contributed by atoms with E-state index in [2.05, 4.69) is 10.4 Å². The van der Waals surface area contributed by atoms with Gasteiger partial charge in [0.25, 0.3) is 5.91 Å². The number of nitrogens with one attached hydrogen (secondary N) is 1. The summed E-state index contributed by atoms with van der Waals surface area (Å²) in [6.07, 6.45) is 1.48. The molecule has 0 atom stereocenters. The van der Waals surface area contributed by atoms with Crippen molar-refractivity contribution >= 4 is 11.6 Å². The molecule has 0 aliphatic carbocycles. The van der Waals surface area contributed by atoms with Gasteiger partial charge in [-0.3, -0.25) is 9.48 Å². The van der Waals surface area contributed by atoms with Gasteiger partial charge in [-0.05, 0) is 13.8 Å². The van der Waals surface area contributed by atoms with Gasteiger partial charge in [-0.2, -0.15) is 10.4 Å². The van der Waals surface area contributed by atoms with Gasteiger partial charge < -0.3 is 10.2 Å². The van der Waals surface area contributed by atoms with E-state index in [-0.39, 0.29) is 5.57 Å². The van der Waals surface area contributed by atoms with Crippen molar-refractivity contribution in [2.75, 3.05) is 19.4 Å². The van der Waals surface area contributed by atoms with E-state index in [9.17, 15) is 4.79 Å². The molecule has 1 aromatic rings. The van der Waals surface area contributed by atoms with Crippen LogP contribution in [0.3, 0.4) is 0 Å². The smallest absolute Gasteiger partial charge is 0.267 e. The molecule has 0 aliphatic rings. The van der Waals surface area contributed by atoms with E-state index < -0.39 is 5.91 Å². The van der Waals surface area contributed by atoms with Crippen molar-refractivity contribution in [2.45, 2.75) is 13.8 Å². The molecule has 1 N–H and O–H groups in total. The lowest BCUT2D eigenvalue weighted by molar-refractivity contribution is -0.112. The molecule has 1 aromatic heterocycles. The zero-order valence-corrected chi connectivity index (χ0v) is 11.3. The zero-order chi connectivity index (χ0) is 13.9. The number of rotatable bonds is 3. The average Bonchev–Trinajstić information content (AvgIpc) is 2.52. The molecule has 18 heavy (non-hydrogen) atoms. The number of hydrogen-bond donors (Lipinski definition) is 1. The number of amides is 1. The Kier molecular flexibility index (Phi) is 4.10. The van der Waals surface area contributed by atoms with E-state index >= 15 is 0 Å². The van der Waals surface area contributed by atoms with E-state index in [0.29, 0.717) is 5.69 Å². The summed E-state index contributed by atoms with van der Waals surface area (Å²) in [4.78, 5) is 13.6. The molecule has 1 heterocycles. The van der Waals surface area contributed by atoms with Crippen LogP contribution in [0.4, 0.5) is 5.69 Å². The summed E-state index contributed by atoms with van der Waals surface area (Å²) in [5.41, 5.74) is 2.29. The van der Waals surface area contributed by atoms with Crippen molar-refractivity contribution in [3.05, 3.63) is 23.2 Å². The van der Waals surface area contributed by atoms with Gasteiger partial charge in [-0.15, -0.1) is 0 Å². The van der Waals surface area contributed by atoms with Gasteiger partial charge in [0, 0.05) is 27.3 Å². The van der Waals surface area contributed by atoms with E-state index in [1.54, 1.807) is 30.7 Å². The van der Waals surface area contributed by atoms with Crippen molar-refractivity contribution in [1.29, 1.82) is 5.26 Å². The largest absolute Gasteiger partial charge is 0.382 e. The Morgan fingerprint density at radius 3 is 2.50 bits per heavy atom. The number of carbonyl (C=O) groups is 1. The standard InChI is InChI=1S/C12H17N5O/c1-8-11(9(2)17(5)15-8)14-12(18)10(6-13)7-16(3)4/h7H,1-5H3,(H,14,18)/b10-7+. The lowest BCUT2D eigenvalue weighted by Gasteiger charge is -2.08. The number of carbonyl (C=O) groups excluding carboxylic acids is 1. The molecule has 6 heteroatoms. The number of anilines is 1. The first-order chi connectivity index (χ1) is 8.36. The Balaban J connectivity index is 2.98. The second-order valence-electron chi connectivity index (χ2n) is 4.24. The fourth-order valence-corrected chi connectivity index (χ4v) is 1.53. The number of nitriles is 1. The summed E-state index contributed by atoms with van der Waals surface area (Å²) in [5, 5.41) is 15.9. The van der Waals surface area contributed by atoms with Gasteiger partial charge in [-0.1, -0.05) is 0 Å². The first-order valence-corrected chi connectivity index (χ1v) is 5.46. The fraction of sp³-hybridized carbons (Fsp3) is 0.417. The third kappa shape index (κ3) is 2.88. The molecule has 1 amide bonds. The van der Waals surface area contributed by atoms with Crippen LogP contribution in [0.5, 0.6) is 0 Å². The normalized spacial score (nSPS) is 11.0. The molecular formula is C12H17N5O. The summed E-state index contributed by atoms with van der Waals surface area (Å²) >= 11 is 0. The van der Waals surface area contributed by atoms with Gasteiger partial charge in [-0.25, -0.2) is 0 Å². The molecule has 96 valence electrons. The molecule has 0 aromatic carbocycles. The van der Waals surface area contributed by atoms with E-state index in [4.69, 9.17) is 5.26 Å². The Morgan fingerprint density at radius 2 is 2.11 bits per heavy atom. The monoisotopic (exact) mass is 247 g/mol. The van der Waals surface area contributed by atoms with Crippen LogP contribution in [0, 0.1) is 25.2 Å². The highest BCUT2D eigenvalue weighted by molar-refractivity contribution is 6.07. The summed E-state index contributed by atoms with van der Waals surface area (Å²) in [6.45, 7) is 3.67. The number of nitrogens with zero attached hydrogens (tertiary/aromatic N) is 4. The van der Waals surface area contributed by atoms with Gasteiger partial charge in [0.15, 0.2) is 0 Å². The molecule has 0 aliphatic heterocycles. The number of aryl methyl sites for hydroxylation is 2. The highest BCUT2D eigenvalue weighted by Crippen LogP contribution is 2.18. The van der Waals surface area contributed by atoms with Crippen molar-refractivity contribution < 1.29 is 4.79 Å². The van der Waals surface area contributed by atoms with Crippen LogP contribution in [0.15, 0.2) is 11.8 Å². The minimum atomic E-state index is -0.426. The molecule has 0 saturated carbocycles. The van der Waals surface area contributed by atoms with Crippen LogP contribution in [-0.2, 0) is 11.8 Å². The van der Waals surface area contributed by atoms with E-state index in [1.165, 1.54) is 6.20 Å². The quantitative estimate of drug-likeness (QED) is 0.637. The second kappa shape index (κ2) is 5.36. The summed E-state index contributed by atoms with van der Waals surface area (Å²) < 4.78 is 1.69. The van der Waals surface area contributed by atoms with E-state index in [1.807, 2.05) is 19.9 Å². The highest BCUT2D eigenvalue weighted by atomic mass is 16.1. The molecule has 0 spiro atoms. The molecule has 0 bridgehead atoms. The minimum absolute atomic E-state index is 0.0580. The first-order valence-electron chi connectivity index (χ1n) is 5.46. The Bertz CT molecular complexity index is 533. The predicted molar refractivity (Wildman–Crippen MR) is 68.7 cm³/mol. The maximum atomic E-state index is 11.9. The Labute approximate surface area is 106 Å². The number of aromatic nitrogens is 2. The van der Waals surface area contributed by atoms with Crippen LogP contribution < -0.4 is 5.32 Å². The maximum Gasteiger partial charge on any atom is 0.267 e. The van der Waals surface area contributed by atoms with Crippen molar-refractivity contribution in [3.8, 4) is 6.07 Å². The average molecular weight is 247 g/mol. The van der Waals surface area contributed by atoms with Crippen LogP contribution >= 0.6 is 0 Å². The lowest BCUT2D eigenvalue weighted by Crippen LogP contribution is -2.17. The van der Waals surface area contributed by atoms with Crippen molar-refractivity contribution in [2.24, 2.45) is 7.05 Å². The molecule has 6 nitrogen and oxygen atoms in total. The second-order valence-corrected chi connectivity index (χ2v) is 4.24. The van der Waals surface area contributed by atoms with Crippen LogP contribution in [-0.4, -0.2) is 34.7 Å². The lowest BCUT2D eigenvalue weighted by atomic mass is 10.2. The number of hydrogen-bond acceptors (Lipinski definition) is 4. The summed E-state index contributed by atoms with van der Waals surface area (Å²) in [5.74, 6) is -0.426. The van der Waals surface area contributed by atoms with Gasteiger partial charge in [0.1, 0.15) is 11.6 Å². The van der Waals surface area contributed by atoms with Crippen LogP contribution in [0.1, 0.15) is 11.4 Å². The minimum Gasteiger partial charge on any atom is -0.382 e. The van der Waals surface area contributed by atoms with Crippen molar-refractivity contribution in [1.82, 2.24) is 14.7 Å². The molecule has 0 fully saturated rings. The maximum absolute atomic E-state index is 11.9. The van der Waals surface area contributed by atoms with Gasteiger partial charge in [0.2, 0.25) is 0 Å². The van der Waals surface area contributed by atoms with Gasteiger partial charge in [0.05, 0.1) is 17.1 Å². The molecule has 0 radical (unpaired) electrons. The fourth-order valence-electron chi connectivity index (χ4n) is 1.53.